The van der Waals surface area contributed by atoms with Gasteiger partial charge >= 0.3 is 0 Å². The highest BCUT2D eigenvalue weighted by atomic mass is 32.2. The van der Waals surface area contributed by atoms with Crippen LogP contribution in [0.5, 0.6) is 0 Å². The van der Waals surface area contributed by atoms with Crippen molar-refractivity contribution in [3.05, 3.63) is 83.7 Å². The van der Waals surface area contributed by atoms with Crippen LogP contribution in [0.2, 0.25) is 0 Å². The third-order valence-corrected chi connectivity index (χ3v) is 5.86. The van der Waals surface area contributed by atoms with Gasteiger partial charge in [0.15, 0.2) is 5.82 Å². The highest BCUT2D eigenvalue weighted by molar-refractivity contribution is 8.00. The molecule has 4 aromatic rings. The molecule has 0 aliphatic heterocycles. The molecule has 0 unspecified atom stereocenters. The Hall–Kier alpha value is -3.25. The molecule has 0 atom stereocenters. The summed E-state index contributed by atoms with van der Waals surface area (Å²) in [7, 11) is 0. The summed E-state index contributed by atoms with van der Waals surface area (Å²) in [6.07, 6.45) is 0. The Balaban J connectivity index is 1.61. The van der Waals surface area contributed by atoms with Gasteiger partial charge in [-0.3, -0.25) is 4.79 Å². The molecule has 1 aromatic heterocycles. The molecule has 0 saturated heterocycles. The van der Waals surface area contributed by atoms with E-state index in [1.54, 1.807) is 6.07 Å². The van der Waals surface area contributed by atoms with Gasteiger partial charge in [0.1, 0.15) is 10.8 Å². The number of carbonyl (C=O) groups is 1. The van der Waals surface area contributed by atoms with E-state index in [0.29, 0.717) is 21.8 Å². The normalized spacial score (nSPS) is 10.9. The quantitative estimate of drug-likeness (QED) is 0.330. The number of hydrogen-bond donors (Lipinski definition) is 1. The van der Waals surface area contributed by atoms with Crippen LogP contribution in [0, 0.1) is 19.7 Å². The number of amides is 1. The van der Waals surface area contributed by atoms with Crippen LogP contribution in [-0.4, -0.2) is 21.6 Å². The van der Waals surface area contributed by atoms with Crippen LogP contribution in [-0.2, 0) is 4.79 Å². The minimum Gasteiger partial charge on any atom is -0.325 e. The standard InChI is InChI=1S/C24H20FN3OS/c1-15-7-6-10-20(16(15)2)26-22(29)14-30-24-19-13-18(25)11-12-21(19)27-23(28-24)17-8-4-3-5-9-17/h3-13H,14H2,1-2H3,(H,26,29). The fraction of sp³-hybridized carbons (Fsp3) is 0.125. The number of nitrogens with zero attached hydrogens (tertiary/aromatic N) is 2. The molecule has 0 saturated carbocycles. The molecule has 0 radical (unpaired) electrons. The lowest BCUT2D eigenvalue weighted by Crippen LogP contribution is -2.15. The highest BCUT2D eigenvalue weighted by Gasteiger charge is 2.13. The first kappa shape index (κ1) is 20.0. The minimum atomic E-state index is -0.361. The lowest BCUT2D eigenvalue weighted by Gasteiger charge is -2.11. The molecule has 4 rings (SSSR count). The van der Waals surface area contributed by atoms with Gasteiger partial charge in [-0.1, -0.05) is 54.2 Å². The maximum absolute atomic E-state index is 13.9. The van der Waals surface area contributed by atoms with Crippen molar-refractivity contribution < 1.29 is 9.18 Å². The molecule has 150 valence electrons. The van der Waals surface area contributed by atoms with E-state index in [4.69, 9.17) is 0 Å². The van der Waals surface area contributed by atoms with Crippen molar-refractivity contribution in [1.82, 2.24) is 9.97 Å². The topological polar surface area (TPSA) is 54.9 Å². The van der Waals surface area contributed by atoms with Gasteiger partial charge in [-0.25, -0.2) is 14.4 Å². The number of thioether (sulfide) groups is 1. The van der Waals surface area contributed by atoms with Gasteiger partial charge in [0.05, 0.1) is 11.3 Å². The second kappa shape index (κ2) is 8.63. The molecular formula is C24H20FN3OS. The van der Waals surface area contributed by atoms with Gasteiger partial charge in [-0.15, -0.1) is 0 Å². The van der Waals surface area contributed by atoms with Crippen molar-refractivity contribution in [2.45, 2.75) is 18.9 Å². The number of fused-ring (bicyclic) bond motifs is 1. The number of aryl methyl sites for hydroxylation is 1. The van der Waals surface area contributed by atoms with Crippen molar-refractivity contribution in [3.8, 4) is 11.4 Å². The second-order valence-electron chi connectivity index (χ2n) is 6.96. The summed E-state index contributed by atoms with van der Waals surface area (Å²) in [4.78, 5) is 21.8. The second-order valence-corrected chi connectivity index (χ2v) is 7.93. The maximum Gasteiger partial charge on any atom is 0.234 e. The monoisotopic (exact) mass is 417 g/mol. The van der Waals surface area contributed by atoms with Gasteiger partial charge in [0.2, 0.25) is 5.91 Å². The summed E-state index contributed by atoms with van der Waals surface area (Å²) in [5.74, 6) is 0.204. The van der Waals surface area contributed by atoms with Gasteiger partial charge in [-0.05, 0) is 49.2 Å². The van der Waals surface area contributed by atoms with Gasteiger partial charge in [0.25, 0.3) is 0 Å². The van der Waals surface area contributed by atoms with Crippen molar-refractivity contribution in [1.29, 1.82) is 0 Å². The van der Waals surface area contributed by atoms with E-state index in [1.807, 2.05) is 62.4 Å². The van der Waals surface area contributed by atoms with E-state index >= 15 is 0 Å². The molecule has 0 bridgehead atoms. The fourth-order valence-corrected chi connectivity index (χ4v) is 3.92. The molecule has 0 aliphatic carbocycles. The molecule has 0 spiro atoms. The molecule has 30 heavy (non-hydrogen) atoms. The molecule has 6 heteroatoms. The lowest BCUT2D eigenvalue weighted by atomic mass is 10.1. The summed E-state index contributed by atoms with van der Waals surface area (Å²) in [5, 5.41) is 4.12. The zero-order chi connectivity index (χ0) is 21.1. The Labute approximate surface area is 178 Å². The Bertz CT molecular complexity index is 1230. The molecule has 4 nitrogen and oxygen atoms in total. The first-order chi connectivity index (χ1) is 14.5. The number of anilines is 1. The molecule has 1 N–H and O–H groups in total. The number of hydrogen-bond acceptors (Lipinski definition) is 4. The van der Waals surface area contributed by atoms with Crippen molar-refractivity contribution >= 4 is 34.3 Å². The predicted octanol–water partition coefficient (Wildman–Crippen LogP) is 5.78. The van der Waals surface area contributed by atoms with Crippen LogP contribution in [0.15, 0.2) is 71.8 Å². The van der Waals surface area contributed by atoms with Crippen LogP contribution in [0.1, 0.15) is 11.1 Å². The van der Waals surface area contributed by atoms with Gasteiger partial charge in [-0.2, -0.15) is 0 Å². The zero-order valence-corrected chi connectivity index (χ0v) is 17.5. The van der Waals surface area contributed by atoms with Crippen molar-refractivity contribution in [3.63, 3.8) is 0 Å². The summed E-state index contributed by atoms with van der Waals surface area (Å²) in [6.45, 7) is 3.98. The van der Waals surface area contributed by atoms with E-state index in [-0.39, 0.29) is 17.5 Å². The van der Waals surface area contributed by atoms with Crippen LogP contribution >= 0.6 is 11.8 Å². The van der Waals surface area contributed by atoms with E-state index in [9.17, 15) is 9.18 Å². The predicted molar refractivity (Wildman–Crippen MR) is 120 cm³/mol. The zero-order valence-electron chi connectivity index (χ0n) is 16.6. The highest BCUT2D eigenvalue weighted by Crippen LogP contribution is 2.29. The number of halogens is 1. The molecule has 0 fully saturated rings. The molecular weight excluding hydrogens is 397 g/mol. The Morgan fingerprint density at radius 2 is 1.80 bits per heavy atom. The largest absolute Gasteiger partial charge is 0.325 e. The average Bonchev–Trinajstić information content (AvgIpc) is 2.76. The third-order valence-electron chi connectivity index (χ3n) is 4.87. The fourth-order valence-electron chi connectivity index (χ4n) is 3.11. The Kier molecular flexibility index (Phi) is 5.77. The lowest BCUT2D eigenvalue weighted by molar-refractivity contribution is -0.113. The number of aromatic nitrogens is 2. The molecule has 3 aromatic carbocycles. The molecule has 1 heterocycles. The van der Waals surface area contributed by atoms with Crippen LogP contribution in [0.3, 0.4) is 0 Å². The Morgan fingerprint density at radius 3 is 2.60 bits per heavy atom. The van der Waals surface area contributed by atoms with Crippen LogP contribution in [0.4, 0.5) is 10.1 Å². The van der Waals surface area contributed by atoms with E-state index in [2.05, 4.69) is 15.3 Å². The van der Waals surface area contributed by atoms with Crippen molar-refractivity contribution in [2.75, 3.05) is 11.1 Å². The number of rotatable bonds is 5. The van der Waals surface area contributed by atoms with Crippen LogP contribution < -0.4 is 5.32 Å². The number of nitrogens with one attached hydrogen (secondary N) is 1. The minimum absolute atomic E-state index is 0.141. The first-order valence-electron chi connectivity index (χ1n) is 9.53. The number of benzene rings is 3. The molecule has 0 aliphatic rings. The van der Waals surface area contributed by atoms with Gasteiger partial charge < -0.3 is 5.32 Å². The van der Waals surface area contributed by atoms with Gasteiger partial charge in [0, 0.05) is 16.6 Å². The average molecular weight is 418 g/mol. The van der Waals surface area contributed by atoms with Crippen LogP contribution in [0.25, 0.3) is 22.3 Å². The molecule has 1 amide bonds. The summed E-state index contributed by atoms with van der Waals surface area (Å²) < 4.78 is 13.9. The smallest absolute Gasteiger partial charge is 0.234 e. The summed E-state index contributed by atoms with van der Waals surface area (Å²) in [5.41, 5.74) is 4.46. The Morgan fingerprint density at radius 1 is 1.00 bits per heavy atom. The summed E-state index contributed by atoms with van der Waals surface area (Å²) in [6, 6.07) is 19.8. The van der Waals surface area contributed by atoms with E-state index < -0.39 is 0 Å². The van der Waals surface area contributed by atoms with E-state index in [0.717, 1.165) is 22.4 Å². The first-order valence-corrected chi connectivity index (χ1v) is 10.5. The summed E-state index contributed by atoms with van der Waals surface area (Å²) >= 11 is 1.28. The van der Waals surface area contributed by atoms with E-state index in [1.165, 1.54) is 23.9 Å². The van der Waals surface area contributed by atoms with Crippen molar-refractivity contribution in [2.24, 2.45) is 0 Å². The third kappa shape index (κ3) is 4.33. The maximum atomic E-state index is 13.9. The number of carbonyl (C=O) groups excluding carboxylic acids is 1. The SMILES string of the molecule is Cc1cccc(NC(=O)CSc2nc(-c3ccccc3)nc3ccc(F)cc23)c1C.